The van der Waals surface area contributed by atoms with Gasteiger partial charge in [0.05, 0.1) is 18.9 Å². The van der Waals surface area contributed by atoms with Crippen molar-refractivity contribution in [3.8, 4) is 5.75 Å². The third kappa shape index (κ3) is 2.83. The zero-order valence-corrected chi connectivity index (χ0v) is 12.1. The van der Waals surface area contributed by atoms with E-state index in [1.807, 2.05) is 12.3 Å². The average molecular weight is 273 g/mol. The Morgan fingerprint density at radius 3 is 3.00 bits per heavy atom. The Labute approximate surface area is 121 Å². The quantitative estimate of drug-likeness (QED) is 0.894. The fraction of sp³-hybridized carbons (Fsp3) is 0.529. The number of rotatable bonds is 5. The summed E-state index contributed by atoms with van der Waals surface area (Å²) in [7, 11) is 0. The number of hydrogen-bond acceptors (Lipinski definition) is 3. The molecule has 0 amide bonds. The molecule has 0 saturated carbocycles. The maximum absolute atomic E-state index is 6.16. The first-order chi connectivity index (χ1) is 9.88. The van der Waals surface area contributed by atoms with Crippen LogP contribution >= 0.6 is 0 Å². The molecule has 1 aromatic carbocycles. The SMILES string of the molecule is CCCNC(C1=COCCC1)C1Cc2ccccc2O1. The van der Waals surface area contributed by atoms with Crippen LogP contribution in [0.1, 0.15) is 31.7 Å². The molecule has 0 fully saturated rings. The maximum Gasteiger partial charge on any atom is 0.123 e. The molecule has 3 nitrogen and oxygen atoms in total. The number of hydrogen-bond donors (Lipinski definition) is 1. The first kappa shape index (κ1) is 13.5. The van der Waals surface area contributed by atoms with Crippen LogP contribution in [0.15, 0.2) is 36.1 Å². The van der Waals surface area contributed by atoms with E-state index < -0.39 is 0 Å². The van der Waals surface area contributed by atoms with Crippen LogP contribution in [0.5, 0.6) is 5.75 Å². The molecule has 1 N–H and O–H groups in total. The van der Waals surface area contributed by atoms with Crippen molar-refractivity contribution in [1.29, 1.82) is 0 Å². The van der Waals surface area contributed by atoms with Crippen molar-refractivity contribution in [2.45, 2.75) is 44.8 Å². The van der Waals surface area contributed by atoms with Crippen LogP contribution in [-0.4, -0.2) is 25.3 Å². The summed E-state index contributed by atoms with van der Waals surface area (Å²) in [5.74, 6) is 1.04. The molecule has 1 aromatic rings. The Hall–Kier alpha value is -1.48. The Kier molecular flexibility index (Phi) is 4.26. The largest absolute Gasteiger partial charge is 0.501 e. The molecule has 2 atom stereocenters. The fourth-order valence-corrected chi connectivity index (χ4v) is 3.01. The summed E-state index contributed by atoms with van der Waals surface area (Å²) in [5, 5.41) is 3.64. The molecule has 0 bridgehead atoms. The molecular weight excluding hydrogens is 250 g/mol. The molecule has 0 saturated heterocycles. The summed E-state index contributed by atoms with van der Waals surface area (Å²) < 4.78 is 11.7. The molecule has 0 aliphatic carbocycles. The van der Waals surface area contributed by atoms with Gasteiger partial charge in [-0.25, -0.2) is 0 Å². The van der Waals surface area contributed by atoms with Gasteiger partial charge in [0, 0.05) is 6.42 Å². The maximum atomic E-state index is 6.16. The van der Waals surface area contributed by atoms with E-state index >= 15 is 0 Å². The second kappa shape index (κ2) is 6.31. The molecule has 108 valence electrons. The Morgan fingerprint density at radius 2 is 2.25 bits per heavy atom. The van der Waals surface area contributed by atoms with Gasteiger partial charge in [-0.1, -0.05) is 25.1 Å². The average Bonchev–Trinajstić information content (AvgIpc) is 2.92. The van der Waals surface area contributed by atoms with E-state index in [0.29, 0.717) is 0 Å². The van der Waals surface area contributed by atoms with Crippen LogP contribution in [0.25, 0.3) is 0 Å². The topological polar surface area (TPSA) is 30.5 Å². The van der Waals surface area contributed by atoms with Crippen molar-refractivity contribution in [2.24, 2.45) is 0 Å². The van der Waals surface area contributed by atoms with Crippen molar-refractivity contribution in [3.05, 3.63) is 41.7 Å². The molecule has 2 aliphatic rings. The highest BCUT2D eigenvalue weighted by Crippen LogP contribution is 2.32. The number of benzene rings is 1. The number of para-hydroxylation sites is 1. The van der Waals surface area contributed by atoms with E-state index in [0.717, 1.165) is 44.6 Å². The lowest BCUT2D eigenvalue weighted by molar-refractivity contribution is 0.172. The van der Waals surface area contributed by atoms with Crippen LogP contribution in [0.4, 0.5) is 0 Å². The number of fused-ring (bicyclic) bond motifs is 1. The van der Waals surface area contributed by atoms with E-state index in [9.17, 15) is 0 Å². The highest BCUT2D eigenvalue weighted by Gasteiger charge is 2.32. The molecule has 2 aliphatic heterocycles. The van der Waals surface area contributed by atoms with Gasteiger partial charge in [0.2, 0.25) is 0 Å². The Balaban J connectivity index is 1.75. The Morgan fingerprint density at radius 1 is 1.35 bits per heavy atom. The standard InChI is InChI=1S/C17H23NO2/c1-2-9-18-17(14-7-5-10-19-12-14)16-11-13-6-3-4-8-15(13)20-16/h3-4,6,8,12,16-18H,2,5,7,9-11H2,1H3. The highest BCUT2D eigenvalue weighted by atomic mass is 16.5. The van der Waals surface area contributed by atoms with Crippen LogP contribution in [0.3, 0.4) is 0 Å². The van der Waals surface area contributed by atoms with Gasteiger partial charge < -0.3 is 14.8 Å². The van der Waals surface area contributed by atoms with E-state index in [-0.39, 0.29) is 12.1 Å². The third-order valence-electron chi connectivity index (χ3n) is 4.02. The number of ether oxygens (including phenoxy) is 2. The van der Waals surface area contributed by atoms with Crippen molar-refractivity contribution in [2.75, 3.05) is 13.2 Å². The predicted molar refractivity (Wildman–Crippen MR) is 79.9 cm³/mol. The minimum atomic E-state index is 0.187. The predicted octanol–water partition coefficient (Wildman–Crippen LogP) is 3.05. The molecule has 20 heavy (non-hydrogen) atoms. The van der Waals surface area contributed by atoms with Crippen LogP contribution in [0.2, 0.25) is 0 Å². The van der Waals surface area contributed by atoms with Gasteiger partial charge in [-0.15, -0.1) is 0 Å². The summed E-state index contributed by atoms with van der Waals surface area (Å²) >= 11 is 0. The highest BCUT2D eigenvalue weighted by molar-refractivity contribution is 5.38. The van der Waals surface area contributed by atoms with Gasteiger partial charge in [0.1, 0.15) is 11.9 Å². The molecule has 3 rings (SSSR count). The first-order valence-electron chi connectivity index (χ1n) is 7.67. The van der Waals surface area contributed by atoms with Crippen molar-refractivity contribution in [1.82, 2.24) is 5.32 Å². The van der Waals surface area contributed by atoms with Gasteiger partial charge >= 0.3 is 0 Å². The van der Waals surface area contributed by atoms with Crippen LogP contribution in [-0.2, 0) is 11.2 Å². The summed E-state index contributed by atoms with van der Waals surface area (Å²) in [5.41, 5.74) is 2.67. The van der Waals surface area contributed by atoms with Crippen LogP contribution < -0.4 is 10.1 Å². The second-order valence-corrected chi connectivity index (χ2v) is 5.57. The lowest BCUT2D eigenvalue weighted by Crippen LogP contribution is -2.44. The summed E-state index contributed by atoms with van der Waals surface area (Å²) in [6.45, 7) is 4.05. The molecular formula is C17H23NO2. The van der Waals surface area contributed by atoms with Gasteiger partial charge in [-0.3, -0.25) is 0 Å². The van der Waals surface area contributed by atoms with Gasteiger partial charge in [0.25, 0.3) is 0 Å². The van der Waals surface area contributed by atoms with E-state index in [4.69, 9.17) is 9.47 Å². The molecule has 2 unspecified atom stereocenters. The normalized spacial score (nSPS) is 22.4. The molecule has 0 radical (unpaired) electrons. The minimum Gasteiger partial charge on any atom is -0.501 e. The molecule has 2 heterocycles. The summed E-state index contributed by atoms with van der Waals surface area (Å²) in [6.07, 6.45) is 6.46. The van der Waals surface area contributed by atoms with E-state index in [2.05, 4.69) is 30.4 Å². The van der Waals surface area contributed by atoms with Crippen molar-refractivity contribution in [3.63, 3.8) is 0 Å². The smallest absolute Gasteiger partial charge is 0.123 e. The zero-order valence-electron chi connectivity index (χ0n) is 12.1. The lowest BCUT2D eigenvalue weighted by atomic mass is 9.94. The van der Waals surface area contributed by atoms with E-state index in [1.54, 1.807) is 0 Å². The lowest BCUT2D eigenvalue weighted by Gasteiger charge is -2.28. The molecule has 3 heteroatoms. The molecule has 0 spiro atoms. The third-order valence-corrected chi connectivity index (χ3v) is 4.02. The summed E-state index contributed by atoms with van der Waals surface area (Å²) in [4.78, 5) is 0. The Bertz CT molecular complexity index is 459. The van der Waals surface area contributed by atoms with Crippen molar-refractivity contribution < 1.29 is 9.47 Å². The molecule has 0 aromatic heterocycles. The van der Waals surface area contributed by atoms with Crippen LogP contribution in [0, 0.1) is 0 Å². The fourth-order valence-electron chi connectivity index (χ4n) is 3.01. The van der Waals surface area contributed by atoms with Gasteiger partial charge in [0.15, 0.2) is 0 Å². The van der Waals surface area contributed by atoms with Gasteiger partial charge in [-0.05, 0) is 43.0 Å². The zero-order chi connectivity index (χ0) is 13.8. The number of nitrogens with one attached hydrogen (secondary N) is 1. The van der Waals surface area contributed by atoms with E-state index in [1.165, 1.54) is 11.1 Å². The second-order valence-electron chi connectivity index (χ2n) is 5.57. The summed E-state index contributed by atoms with van der Waals surface area (Å²) in [6, 6.07) is 8.62. The van der Waals surface area contributed by atoms with Gasteiger partial charge in [-0.2, -0.15) is 0 Å². The minimum absolute atomic E-state index is 0.187. The van der Waals surface area contributed by atoms with Crippen molar-refractivity contribution >= 4 is 0 Å². The monoisotopic (exact) mass is 273 g/mol. The first-order valence-corrected chi connectivity index (χ1v) is 7.67.